The summed E-state index contributed by atoms with van der Waals surface area (Å²) < 4.78 is 12.1. The summed E-state index contributed by atoms with van der Waals surface area (Å²) in [5.41, 5.74) is 6.92. The molecule has 112 valence electrons. The van der Waals surface area contributed by atoms with E-state index >= 15 is 0 Å². The van der Waals surface area contributed by atoms with Crippen LogP contribution in [-0.2, 0) is 0 Å². The van der Waals surface area contributed by atoms with E-state index in [0.717, 1.165) is 40.9 Å². The molecule has 5 nitrogen and oxygen atoms in total. The Morgan fingerprint density at radius 1 is 1.30 bits per heavy atom. The largest absolute Gasteiger partial charge is 0.486 e. The number of aliphatic hydroxyl groups excluding tert-OH is 1. The molecular weight excluding hydrogens is 324 g/mol. The fraction of sp³-hybridized carbons (Fsp3) is 0.571. The van der Waals surface area contributed by atoms with Gasteiger partial charge in [0, 0.05) is 19.2 Å². The third-order valence-corrected chi connectivity index (χ3v) is 3.82. The molecule has 0 aromatic heterocycles. The molecule has 20 heavy (non-hydrogen) atoms. The van der Waals surface area contributed by atoms with Crippen molar-refractivity contribution in [1.82, 2.24) is 5.32 Å². The van der Waals surface area contributed by atoms with Crippen molar-refractivity contribution in [3.63, 3.8) is 0 Å². The molecule has 0 radical (unpaired) electrons. The van der Waals surface area contributed by atoms with E-state index in [-0.39, 0.29) is 12.6 Å². The zero-order chi connectivity index (χ0) is 14.4. The second-order valence-electron chi connectivity index (χ2n) is 4.70. The summed E-state index contributed by atoms with van der Waals surface area (Å²) in [5, 5.41) is 12.2. The van der Waals surface area contributed by atoms with Crippen LogP contribution in [0.5, 0.6) is 11.5 Å². The van der Waals surface area contributed by atoms with E-state index in [0.29, 0.717) is 19.8 Å². The topological polar surface area (TPSA) is 76.7 Å². The minimum atomic E-state index is 0.0702. The molecule has 0 bridgehead atoms. The minimum absolute atomic E-state index is 0.0702. The number of hydrogen-bond donors (Lipinski definition) is 3. The van der Waals surface area contributed by atoms with Crippen LogP contribution in [0.2, 0.25) is 0 Å². The molecule has 0 spiro atoms. The van der Waals surface area contributed by atoms with Crippen LogP contribution in [-0.4, -0.2) is 38.0 Å². The van der Waals surface area contributed by atoms with Crippen molar-refractivity contribution in [3.05, 3.63) is 22.2 Å². The monoisotopic (exact) mass is 344 g/mol. The molecular formula is C14H21BrN2O3. The summed E-state index contributed by atoms with van der Waals surface area (Å²) in [5.74, 6) is 1.52. The third kappa shape index (κ3) is 3.85. The Hall–Kier alpha value is -0.820. The molecule has 0 saturated carbocycles. The molecule has 0 saturated heterocycles. The summed E-state index contributed by atoms with van der Waals surface area (Å²) >= 11 is 3.52. The standard InChI is InChI=1S/C14H21BrN2O3/c15-11-7-10(8-13-14(11)20-6-5-19-13)12(9-16)17-3-1-2-4-18/h7-8,12,17-18H,1-6,9,16H2. The Kier molecular flexibility index (Phi) is 6.09. The maximum Gasteiger partial charge on any atom is 0.175 e. The fourth-order valence-corrected chi connectivity index (χ4v) is 2.76. The highest BCUT2D eigenvalue weighted by Crippen LogP contribution is 2.39. The molecule has 1 aromatic rings. The normalized spacial score (nSPS) is 15.2. The van der Waals surface area contributed by atoms with Crippen molar-refractivity contribution in [2.24, 2.45) is 5.73 Å². The highest BCUT2D eigenvalue weighted by Gasteiger charge is 2.19. The maximum absolute atomic E-state index is 8.79. The first kappa shape index (κ1) is 15.6. The van der Waals surface area contributed by atoms with Crippen LogP contribution in [0.4, 0.5) is 0 Å². The van der Waals surface area contributed by atoms with E-state index in [4.69, 9.17) is 20.3 Å². The minimum Gasteiger partial charge on any atom is -0.486 e. The zero-order valence-corrected chi connectivity index (χ0v) is 13.0. The Morgan fingerprint density at radius 2 is 2.10 bits per heavy atom. The Balaban J connectivity index is 2.07. The molecule has 1 aromatic carbocycles. The number of unbranched alkanes of at least 4 members (excludes halogenated alkanes) is 1. The molecule has 1 unspecified atom stereocenters. The highest BCUT2D eigenvalue weighted by molar-refractivity contribution is 9.10. The highest BCUT2D eigenvalue weighted by atomic mass is 79.9. The van der Waals surface area contributed by atoms with Crippen molar-refractivity contribution in [2.45, 2.75) is 18.9 Å². The maximum atomic E-state index is 8.79. The molecule has 0 amide bonds. The van der Waals surface area contributed by atoms with Crippen LogP contribution in [0.25, 0.3) is 0 Å². The van der Waals surface area contributed by atoms with Gasteiger partial charge in [0.15, 0.2) is 11.5 Å². The van der Waals surface area contributed by atoms with E-state index < -0.39 is 0 Å². The molecule has 1 aliphatic rings. The van der Waals surface area contributed by atoms with Crippen LogP contribution in [0, 0.1) is 0 Å². The van der Waals surface area contributed by atoms with E-state index in [1.807, 2.05) is 12.1 Å². The predicted octanol–water partition coefficient (Wildman–Crippen LogP) is 1.58. The van der Waals surface area contributed by atoms with Gasteiger partial charge in [-0.1, -0.05) is 0 Å². The van der Waals surface area contributed by atoms with Crippen molar-refractivity contribution in [1.29, 1.82) is 0 Å². The van der Waals surface area contributed by atoms with Gasteiger partial charge in [0.05, 0.1) is 4.47 Å². The SMILES string of the molecule is NCC(NCCCCO)c1cc(Br)c2c(c1)OCCO2. The van der Waals surface area contributed by atoms with E-state index in [9.17, 15) is 0 Å². The average Bonchev–Trinajstić information content (AvgIpc) is 2.47. The number of hydrogen-bond acceptors (Lipinski definition) is 5. The number of halogens is 1. The number of nitrogens with one attached hydrogen (secondary N) is 1. The average molecular weight is 345 g/mol. The molecule has 1 atom stereocenters. The number of ether oxygens (including phenoxy) is 2. The summed E-state index contributed by atoms with van der Waals surface area (Å²) in [6, 6.07) is 4.07. The van der Waals surface area contributed by atoms with Gasteiger partial charge in [0.25, 0.3) is 0 Å². The van der Waals surface area contributed by atoms with E-state index in [1.54, 1.807) is 0 Å². The van der Waals surface area contributed by atoms with Crippen LogP contribution in [0.15, 0.2) is 16.6 Å². The molecule has 1 aliphatic heterocycles. The smallest absolute Gasteiger partial charge is 0.175 e. The summed E-state index contributed by atoms with van der Waals surface area (Å²) in [6.07, 6.45) is 1.73. The van der Waals surface area contributed by atoms with Crippen molar-refractivity contribution in [3.8, 4) is 11.5 Å². The lowest BCUT2D eigenvalue weighted by molar-refractivity contribution is 0.170. The van der Waals surface area contributed by atoms with Crippen molar-refractivity contribution >= 4 is 15.9 Å². The number of fused-ring (bicyclic) bond motifs is 1. The number of rotatable bonds is 7. The van der Waals surface area contributed by atoms with Crippen molar-refractivity contribution < 1.29 is 14.6 Å². The first-order valence-electron chi connectivity index (χ1n) is 6.89. The van der Waals surface area contributed by atoms with Crippen LogP contribution in [0.1, 0.15) is 24.4 Å². The van der Waals surface area contributed by atoms with Crippen LogP contribution >= 0.6 is 15.9 Å². The summed E-state index contributed by atoms with van der Waals surface area (Å²) in [6.45, 7) is 2.70. The van der Waals surface area contributed by atoms with Crippen LogP contribution < -0.4 is 20.5 Å². The zero-order valence-electron chi connectivity index (χ0n) is 11.4. The number of nitrogens with two attached hydrogens (primary N) is 1. The number of benzene rings is 1. The first-order chi connectivity index (χ1) is 9.76. The summed E-state index contributed by atoms with van der Waals surface area (Å²) in [4.78, 5) is 0. The Bertz CT molecular complexity index is 443. The van der Waals surface area contributed by atoms with Gasteiger partial charge >= 0.3 is 0 Å². The van der Waals surface area contributed by atoms with E-state index in [2.05, 4.69) is 21.2 Å². The molecule has 4 N–H and O–H groups in total. The van der Waals surface area contributed by atoms with Gasteiger partial charge in [-0.05, 0) is 53.0 Å². The number of aliphatic hydroxyl groups is 1. The predicted molar refractivity (Wildman–Crippen MR) is 81.2 cm³/mol. The Labute approximate surface area is 127 Å². The first-order valence-corrected chi connectivity index (χ1v) is 7.69. The van der Waals surface area contributed by atoms with Gasteiger partial charge in [-0.25, -0.2) is 0 Å². The van der Waals surface area contributed by atoms with Gasteiger partial charge in [-0.15, -0.1) is 0 Å². The quantitative estimate of drug-likeness (QED) is 0.654. The lowest BCUT2D eigenvalue weighted by Gasteiger charge is -2.23. The lowest BCUT2D eigenvalue weighted by atomic mass is 10.1. The van der Waals surface area contributed by atoms with Gasteiger partial charge in [0.2, 0.25) is 0 Å². The molecule has 0 fully saturated rings. The fourth-order valence-electron chi connectivity index (χ4n) is 2.18. The van der Waals surface area contributed by atoms with Gasteiger partial charge < -0.3 is 25.6 Å². The second kappa shape index (κ2) is 7.83. The van der Waals surface area contributed by atoms with E-state index in [1.165, 1.54) is 0 Å². The summed E-state index contributed by atoms with van der Waals surface area (Å²) in [7, 11) is 0. The molecule has 0 aliphatic carbocycles. The Morgan fingerprint density at radius 3 is 2.85 bits per heavy atom. The third-order valence-electron chi connectivity index (χ3n) is 3.23. The molecule has 1 heterocycles. The van der Waals surface area contributed by atoms with Crippen molar-refractivity contribution in [2.75, 3.05) is 32.9 Å². The van der Waals surface area contributed by atoms with Crippen LogP contribution in [0.3, 0.4) is 0 Å². The molecule has 6 heteroatoms. The van der Waals surface area contributed by atoms with Gasteiger partial charge in [-0.2, -0.15) is 0 Å². The lowest BCUT2D eigenvalue weighted by Crippen LogP contribution is -2.29. The second-order valence-corrected chi connectivity index (χ2v) is 5.55. The van der Waals surface area contributed by atoms with Gasteiger partial charge in [-0.3, -0.25) is 0 Å². The van der Waals surface area contributed by atoms with Gasteiger partial charge in [0.1, 0.15) is 13.2 Å². The molecule has 2 rings (SSSR count).